The van der Waals surface area contributed by atoms with Crippen LogP contribution in [0.4, 0.5) is 15.8 Å². The van der Waals surface area contributed by atoms with E-state index < -0.39 is 5.82 Å². The van der Waals surface area contributed by atoms with E-state index in [0.717, 1.165) is 25.0 Å². The first-order valence-electron chi connectivity index (χ1n) is 8.25. The van der Waals surface area contributed by atoms with Crippen LogP contribution in [-0.2, 0) is 9.53 Å². The van der Waals surface area contributed by atoms with Gasteiger partial charge in [-0.2, -0.15) is 0 Å². The van der Waals surface area contributed by atoms with Gasteiger partial charge in [0.15, 0.2) is 0 Å². The van der Waals surface area contributed by atoms with Crippen molar-refractivity contribution in [3.05, 3.63) is 60.2 Å². The highest BCUT2D eigenvalue weighted by molar-refractivity contribution is 6.02. The summed E-state index contributed by atoms with van der Waals surface area (Å²) in [6.45, 7) is 1.35. The first kappa shape index (κ1) is 17.1. The number of halogens is 1. The smallest absolute Gasteiger partial charge is 0.248 e. The van der Waals surface area contributed by atoms with E-state index in [1.165, 1.54) is 12.1 Å². The molecular formula is C19H20FN3O2. The van der Waals surface area contributed by atoms with Crippen molar-refractivity contribution in [3.8, 4) is 0 Å². The van der Waals surface area contributed by atoms with Crippen LogP contribution in [0.2, 0.25) is 0 Å². The largest absolute Gasteiger partial charge is 0.380 e. The predicted molar refractivity (Wildman–Crippen MR) is 95.8 cm³/mol. The number of hydrogen-bond acceptors (Lipinski definition) is 4. The maximum Gasteiger partial charge on any atom is 0.248 e. The third kappa shape index (κ3) is 5.12. The number of carbonyl (C=O) groups excluding carboxylic acids is 1. The van der Waals surface area contributed by atoms with Gasteiger partial charge < -0.3 is 15.4 Å². The Bertz CT molecular complexity index is 744. The Morgan fingerprint density at radius 1 is 1.32 bits per heavy atom. The highest BCUT2D eigenvalue weighted by Gasteiger charge is 2.15. The van der Waals surface area contributed by atoms with Crippen LogP contribution in [0.3, 0.4) is 0 Å². The predicted octanol–water partition coefficient (Wildman–Crippen LogP) is 3.46. The summed E-state index contributed by atoms with van der Waals surface area (Å²) >= 11 is 0. The van der Waals surface area contributed by atoms with Crippen LogP contribution in [-0.4, -0.2) is 30.1 Å². The summed E-state index contributed by atoms with van der Waals surface area (Å²) in [7, 11) is 0. The van der Waals surface area contributed by atoms with Crippen LogP contribution in [0.25, 0.3) is 6.08 Å². The van der Waals surface area contributed by atoms with Crippen LogP contribution in [0.15, 0.2) is 48.8 Å². The fourth-order valence-corrected chi connectivity index (χ4v) is 2.60. The number of nitrogens with zero attached hydrogens (tertiary/aromatic N) is 1. The second kappa shape index (κ2) is 8.39. The Hall–Kier alpha value is -2.73. The van der Waals surface area contributed by atoms with Crippen LogP contribution < -0.4 is 10.6 Å². The second-order valence-electron chi connectivity index (χ2n) is 5.81. The summed E-state index contributed by atoms with van der Waals surface area (Å²) in [6, 6.07) is 8.16. The van der Waals surface area contributed by atoms with Gasteiger partial charge >= 0.3 is 0 Å². The molecule has 5 nitrogen and oxygen atoms in total. The molecule has 0 aliphatic carbocycles. The lowest BCUT2D eigenvalue weighted by Gasteiger charge is -2.13. The van der Waals surface area contributed by atoms with E-state index in [1.54, 1.807) is 42.7 Å². The number of hydrogen-bond donors (Lipinski definition) is 2. The molecule has 2 N–H and O–H groups in total. The van der Waals surface area contributed by atoms with Crippen LogP contribution in [0, 0.1) is 5.82 Å². The van der Waals surface area contributed by atoms with Gasteiger partial charge in [0, 0.05) is 37.3 Å². The SMILES string of the molecule is O=C(/C=C/c1ccncc1)Nc1ccc(NC[C@H]2CCCO2)c(F)c1. The zero-order valence-electron chi connectivity index (χ0n) is 13.7. The molecule has 1 aliphatic heterocycles. The molecule has 25 heavy (non-hydrogen) atoms. The monoisotopic (exact) mass is 341 g/mol. The highest BCUT2D eigenvalue weighted by atomic mass is 19.1. The van der Waals surface area contributed by atoms with Crippen molar-refractivity contribution in [2.75, 3.05) is 23.8 Å². The van der Waals surface area contributed by atoms with Gasteiger partial charge in [-0.1, -0.05) is 0 Å². The number of rotatable bonds is 6. The maximum absolute atomic E-state index is 14.1. The van der Waals surface area contributed by atoms with E-state index in [2.05, 4.69) is 15.6 Å². The number of pyridine rings is 1. The molecule has 1 amide bonds. The molecule has 1 aromatic heterocycles. The normalized spacial score (nSPS) is 16.9. The molecule has 0 bridgehead atoms. The fraction of sp³-hybridized carbons (Fsp3) is 0.263. The van der Waals surface area contributed by atoms with E-state index >= 15 is 0 Å². The van der Waals surface area contributed by atoms with Crippen LogP contribution in [0.5, 0.6) is 0 Å². The number of benzene rings is 1. The minimum atomic E-state index is -0.408. The lowest BCUT2D eigenvalue weighted by Crippen LogP contribution is -2.19. The molecule has 0 saturated carbocycles. The van der Waals surface area contributed by atoms with E-state index in [-0.39, 0.29) is 12.0 Å². The van der Waals surface area contributed by atoms with Crippen molar-refractivity contribution in [2.24, 2.45) is 0 Å². The summed E-state index contributed by atoms with van der Waals surface area (Å²) in [5.41, 5.74) is 1.68. The lowest BCUT2D eigenvalue weighted by molar-refractivity contribution is -0.111. The standard InChI is InChI=1S/C19H20FN3O2/c20-17-12-15(4-5-18(17)22-13-16-2-1-11-25-16)23-19(24)6-3-14-7-9-21-10-8-14/h3-10,12,16,22H,1-2,11,13H2,(H,23,24)/b6-3+/t16-/m1/s1. The third-order valence-corrected chi connectivity index (χ3v) is 3.91. The van der Waals surface area contributed by atoms with Gasteiger partial charge in [0.25, 0.3) is 0 Å². The van der Waals surface area contributed by atoms with Gasteiger partial charge in [-0.15, -0.1) is 0 Å². The van der Waals surface area contributed by atoms with Crippen molar-refractivity contribution in [1.29, 1.82) is 0 Å². The van der Waals surface area contributed by atoms with Crippen molar-refractivity contribution < 1.29 is 13.9 Å². The molecule has 0 unspecified atom stereocenters. The Morgan fingerprint density at radius 2 is 2.16 bits per heavy atom. The number of amides is 1. The molecule has 2 aromatic rings. The number of ether oxygens (including phenoxy) is 1. The van der Waals surface area contributed by atoms with Gasteiger partial charge in [0.1, 0.15) is 5.82 Å². The molecular weight excluding hydrogens is 321 g/mol. The fourth-order valence-electron chi connectivity index (χ4n) is 2.60. The Labute approximate surface area is 145 Å². The van der Waals surface area contributed by atoms with Crippen LogP contribution in [0.1, 0.15) is 18.4 Å². The average Bonchev–Trinajstić information content (AvgIpc) is 3.14. The lowest BCUT2D eigenvalue weighted by atomic mass is 10.2. The average molecular weight is 341 g/mol. The third-order valence-electron chi connectivity index (χ3n) is 3.91. The van der Waals surface area contributed by atoms with Gasteiger partial charge in [0.05, 0.1) is 11.8 Å². The molecule has 1 fully saturated rings. The first-order chi connectivity index (χ1) is 12.2. The summed E-state index contributed by atoms with van der Waals surface area (Å²) in [4.78, 5) is 15.8. The van der Waals surface area contributed by atoms with Gasteiger partial charge in [-0.25, -0.2) is 4.39 Å². The zero-order chi connectivity index (χ0) is 17.5. The minimum Gasteiger partial charge on any atom is -0.380 e. The number of carbonyl (C=O) groups is 1. The topological polar surface area (TPSA) is 63.2 Å². The number of anilines is 2. The molecule has 130 valence electrons. The summed E-state index contributed by atoms with van der Waals surface area (Å²) in [5.74, 6) is -0.731. The van der Waals surface area contributed by atoms with Crippen molar-refractivity contribution >= 4 is 23.4 Å². The van der Waals surface area contributed by atoms with Gasteiger partial charge in [-0.3, -0.25) is 9.78 Å². The molecule has 0 radical (unpaired) electrons. The molecule has 1 atom stereocenters. The van der Waals surface area contributed by atoms with E-state index in [1.807, 2.05) is 0 Å². The van der Waals surface area contributed by atoms with E-state index in [4.69, 9.17) is 4.74 Å². The Kier molecular flexibility index (Phi) is 5.74. The second-order valence-corrected chi connectivity index (χ2v) is 5.81. The molecule has 2 heterocycles. The summed E-state index contributed by atoms with van der Waals surface area (Å²) < 4.78 is 19.6. The highest BCUT2D eigenvalue weighted by Crippen LogP contribution is 2.20. The first-order valence-corrected chi connectivity index (χ1v) is 8.25. The number of aromatic nitrogens is 1. The number of nitrogens with one attached hydrogen (secondary N) is 2. The van der Waals surface area contributed by atoms with Crippen molar-refractivity contribution in [1.82, 2.24) is 4.98 Å². The molecule has 6 heteroatoms. The van der Waals surface area contributed by atoms with Crippen molar-refractivity contribution in [3.63, 3.8) is 0 Å². The summed E-state index contributed by atoms with van der Waals surface area (Å²) in [5, 5.41) is 5.69. The molecule has 1 saturated heterocycles. The molecule has 1 aromatic carbocycles. The summed E-state index contributed by atoms with van der Waals surface area (Å²) in [6.07, 6.45) is 8.54. The van der Waals surface area contributed by atoms with E-state index in [9.17, 15) is 9.18 Å². The molecule has 0 spiro atoms. The molecule has 1 aliphatic rings. The van der Waals surface area contributed by atoms with Crippen molar-refractivity contribution in [2.45, 2.75) is 18.9 Å². The Morgan fingerprint density at radius 3 is 2.88 bits per heavy atom. The minimum absolute atomic E-state index is 0.136. The van der Waals surface area contributed by atoms with E-state index in [0.29, 0.717) is 17.9 Å². The Balaban J connectivity index is 1.54. The van der Waals surface area contributed by atoms with Crippen LogP contribution >= 0.6 is 0 Å². The molecule has 3 rings (SSSR count). The van der Waals surface area contributed by atoms with Gasteiger partial charge in [0.2, 0.25) is 5.91 Å². The maximum atomic E-state index is 14.1. The van der Waals surface area contributed by atoms with Gasteiger partial charge in [-0.05, 0) is 54.8 Å². The zero-order valence-corrected chi connectivity index (χ0v) is 13.7. The quantitative estimate of drug-likeness (QED) is 0.790.